The van der Waals surface area contributed by atoms with Gasteiger partial charge in [-0.25, -0.2) is 9.37 Å². The Labute approximate surface area is 195 Å². The summed E-state index contributed by atoms with van der Waals surface area (Å²) >= 11 is 0. The van der Waals surface area contributed by atoms with Gasteiger partial charge in [0, 0.05) is 32.4 Å². The Bertz CT molecular complexity index is 1460. The van der Waals surface area contributed by atoms with Gasteiger partial charge < -0.3 is 14.8 Å². The number of aromatic nitrogens is 4. The van der Waals surface area contributed by atoms with Gasteiger partial charge in [0.25, 0.3) is 0 Å². The fourth-order valence-corrected chi connectivity index (χ4v) is 4.88. The molecule has 4 aromatic rings. The highest BCUT2D eigenvalue weighted by Crippen LogP contribution is 2.35. The number of phenols is 1. The van der Waals surface area contributed by atoms with Gasteiger partial charge in [-0.15, -0.1) is 0 Å². The van der Waals surface area contributed by atoms with E-state index in [0.717, 1.165) is 39.0 Å². The summed E-state index contributed by atoms with van der Waals surface area (Å²) in [5.74, 6) is -1.17. The Morgan fingerprint density at radius 1 is 1.21 bits per heavy atom. The third-order valence-electron chi connectivity index (χ3n) is 6.83. The normalized spacial score (nSPS) is 16.2. The van der Waals surface area contributed by atoms with Crippen molar-refractivity contribution in [3.63, 3.8) is 0 Å². The number of likely N-dealkylation sites (N-methyl/N-ethyl adjacent to an activating group) is 1. The quantitative estimate of drug-likeness (QED) is 0.481. The van der Waals surface area contributed by atoms with E-state index in [4.69, 9.17) is 10.1 Å². The number of nitrogens with zero attached hydrogens (tertiary/aromatic N) is 5. The highest BCUT2D eigenvalue weighted by Gasteiger charge is 2.33. The molecule has 2 aromatic carbocycles. The third kappa shape index (κ3) is 3.35. The molecule has 3 heterocycles. The molecule has 0 spiro atoms. The summed E-state index contributed by atoms with van der Waals surface area (Å²) in [7, 11) is 5.59. The van der Waals surface area contributed by atoms with Crippen LogP contribution < -0.4 is 0 Å². The first kappa shape index (κ1) is 22.1. The standard InChI is InChI=1S/C25H26FN5O3/c1-5-13-9-22(32)17(26)10-16(13)14-6-7-15-19(8-14)31(4)28-23(15)24-27-18-11-20(25(33)34)29(2)12-21(18)30(24)3/h6-10,20,32H,5,11-12H2,1-4H3,(H,33,34). The van der Waals surface area contributed by atoms with E-state index in [2.05, 4.69) is 0 Å². The number of hydrogen-bond acceptors (Lipinski definition) is 5. The third-order valence-corrected chi connectivity index (χ3v) is 6.83. The molecule has 34 heavy (non-hydrogen) atoms. The van der Waals surface area contributed by atoms with Gasteiger partial charge in [-0.05, 0) is 54.4 Å². The van der Waals surface area contributed by atoms with Crippen molar-refractivity contribution in [3.8, 4) is 28.4 Å². The molecular formula is C25H26FN5O3. The van der Waals surface area contributed by atoms with E-state index >= 15 is 0 Å². The zero-order valence-corrected chi connectivity index (χ0v) is 19.5. The van der Waals surface area contributed by atoms with Crippen molar-refractivity contribution >= 4 is 16.9 Å². The minimum Gasteiger partial charge on any atom is -0.505 e. The highest BCUT2D eigenvalue weighted by molar-refractivity contribution is 5.94. The molecule has 0 saturated heterocycles. The van der Waals surface area contributed by atoms with Crippen LogP contribution in [0.1, 0.15) is 23.9 Å². The van der Waals surface area contributed by atoms with Gasteiger partial charge in [0.2, 0.25) is 0 Å². The average molecular weight is 464 g/mol. The van der Waals surface area contributed by atoms with Crippen LogP contribution in [0.3, 0.4) is 0 Å². The molecule has 176 valence electrons. The maximum Gasteiger partial charge on any atom is 0.321 e. The molecule has 1 atom stereocenters. The predicted molar refractivity (Wildman–Crippen MR) is 126 cm³/mol. The van der Waals surface area contributed by atoms with Gasteiger partial charge in [-0.1, -0.05) is 13.0 Å². The molecular weight excluding hydrogens is 437 g/mol. The Morgan fingerprint density at radius 3 is 2.68 bits per heavy atom. The number of carbonyl (C=O) groups is 1. The molecule has 2 N–H and O–H groups in total. The van der Waals surface area contributed by atoms with Crippen LogP contribution in [0.2, 0.25) is 0 Å². The number of phenolic OH excluding ortho intramolecular Hbond substituents is 1. The fraction of sp³-hybridized carbons (Fsp3) is 0.320. The first-order valence-electron chi connectivity index (χ1n) is 11.2. The van der Waals surface area contributed by atoms with E-state index in [1.807, 2.05) is 55.7 Å². The van der Waals surface area contributed by atoms with Gasteiger partial charge in [0.05, 0.1) is 16.9 Å². The number of imidazole rings is 1. The maximum absolute atomic E-state index is 14.1. The first-order chi connectivity index (χ1) is 16.2. The SMILES string of the molecule is CCc1cc(O)c(F)cc1-c1ccc2c(-c3nc4c(n3C)CN(C)C(C(=O)O)C4)nn(C)c2c1. The molecule has 1 unspecified atom stereocenters. The monoisotopic (exact) mass is 463 g/mol. The van der Waals surface area contributed by atoms with Crippen LogP contribution in [-0.2, 0) is 38.3 Å². The van der Waals surface area contributed by atoms with E-state index in [0.29, 0.717) is 30.9 Å². The highest BCUT2D eigenvalue weighted by atomic mass is 19.1. The van der Waals surface area contributed by atoms with Gasteiger partial charge in [-0.3, -0.25) is 14.4 Å². The summed E-state index contributed by atoms with van der Waals surface area (Å²) in [6, 6.07) is 8.09. The number of aryl methyl sites for hydroxylation is 2. The minimum atomic E-state index is -0.853. The summed E-state index contributed by atoms with van der Waals surface area (Å²) < 4.78 is 17.9. The van der Waals surface area contributed by atoms with Crippen molar-refractivity contribution in [1.29, 1.82) is 0 Å². The molecule has 5 rings (SSSR count). The Balaban J connectivity index is 1.62. The van der Waals surface area contributed by atoms with Crippen molar-refractivity contribution in [2.75, 3.05) is 7.05 Å². The Hall–Kier alpha value is -3.72. The molecule has 2 aromatic heterocycles. The van der Waals surface area contributed by atoms with E-state index < -0.39 is 17.8 Å². The number of rotatable bonds is 4. The Kier molecular flexibility index (Phi) is 5.16. The van der Waals surface area contributed by atoms with Crippen molar-refractivity contribution in [3.05, 3.63) is 53.1 Å². The molecule has 0 bridgehead atoms. The zero-order valence-electron chi connectivity index (χ0n) is 19.5. The summed E-state index contributed by atoms with van der Waals surface area (Å²) in [6.45, 7) is 2.46. The fourth-order valence-electron chi connectivity index (χ4n) is 4.88. The van der Waals surface area contributed by atoms with Gasteiger partial charge in [0.1, 0.15) is 11.7 Å². The molecule has 8 nitrogen and oxygen atoms in total. The topological polar surface area (TPSA) is 96.4 Å². The Morgan fingerprint density at radius 2 is 1.97 bits per heavy atom. The van der Waals surface area contributed by atoms with Crippen LogP contribution >= 0.6 is 0 Å². The second-order valence-corrected chi connectivity index (χ2v) is 8.88. The van der Waals surface area contributed by atoms with Crippen molar-refractivity contribution < 1.29 is 19.4 Å². The summed E-state index contributed by atoms with van der Waals surface area (Å²) in [6.07, 6.45) is 0.999. The van der Waals surface area contributed by atoms with E-state index in [9.17, 15) is 19.4 Å². The number of aliphatic carboxylic acids is 1. The van der Waals surface area contributed by atoms with Gasteiger partial charge >= 0.3 is 5.97 Å². The van der Waals surface area contributed by atoms with Gasteiger partial charge in [-0.2, -0.15) is 5.10 Å². The van der Waals surface area contributed by atoms with Crippen LogP contribution in [0.4, 0.5) is 4.39 Å². The summed E-state index contributed by atoms with van der Waals surface area (Å²) in [5.41, 5.74) is 5.77. The second-order valence-electron chi connectivity index (χ2n) is 8.88. The molecule has 9 heteroatoms. The number of benzene rings is 2. The smallest absolute Gasteiger partial charge is 0.321 e. The molecule has 1 aliphatic rings. The molecule has 1 aliphatic heterocycles. The maximum atomic E-state index is 14.1. The number of hydrogen-bond donors (Lipinski definition) is 2. The number of halogens is 1. The van der Waals surface area contributed by atoms with Crippen molar-refractivity contribution in [2.24, 2.45) is 14.1 Å². The lowest BCUT2D eigenvalue weighted by molar-refractivity contribution is -0.143. The number of carboxylic acid groups (broad SMARTS) is 1. The minimum absolute atomic E-state index is 0.343. The average Bonchev–Trinajstić information content (AvgIpc) is 3.30. The molecule has 0 fully saturated rings. The lowest BCUT2D eigenvalue weighted by Gasteiger charge is -2.29. The number of fused-ring (bicyclic) bond motifs is 2. The number of carboxylic acids is 1. The van der Waals surface area contributed by atoms with E-state index in [-0.39, 0.29) is 5.75 Å². The predicted octanol–water partition coefficient (Wildman–Crippen LogP) is 3.49. The zero-order chi connectivity index (χ0) is 24.3. The first-order valence-corrected chi connectivity index (χ1v) is 11.2. The van der Waals surface area contributed by atoms with Crippen LogP contribution in [0.25, 0.3) is 33.5 Å². The van der Waals surface area contributed by atoms with E-state index in [1.54, 1.807) is 4.68 Å². The largest absolute Gasteiger partial charge is 0.505 e. The van der Waals surface area contributed by atoms with E-state index in [1.165, 1.54) is 12.1 Å². The molecule has 0 aliphatic carbocycles. The van der Waals surface area contributed by atoms with Crippen molar-refractivity contribution in [2.45, 2.75) is 32.4 Å². The van der Waals surface area contributed by atoms with Crippen LogP contribution in [0.15, 0.2) is 30.3 Å². The lowest BCUT2D eigenvalue weighted by atomic mass is 9.96. The molecule has 0 radical (unpaired) electrons. The second kappa shape index (κ2) is 7.95. The summed E-state index contributed by atoms with van der Waals surface area (Å²) in [4.78, 5) is 18.2. The van der Waals surface area contributed by atoms with Crippen LogP contribution in [0.5, 0.6) is 5.75 Å². The number of aromatic hydroxyl groups is 1. The molecule has 0 amide bonds. The summed E-state index contributed by atoms with van der Waals surface area (Å²) in [5, 5.41) is 24.9. The van der Waals surface area contributed by atoms with Crippen LogP contribution in [-0.4, -0.2) is 53.5 Å². The van der Waals surface area contributed by atoms with Gasteiger partial charge in [0.15, 0.2) is 17.4 Å². The molecule has 0 saturated carbocycles. The van der Waals surface area contributed by atoms with Crippen molar-refractivity contribution in [1.82, 2.24) is 24.2 Å². The lowest BCUT2D eigenvalue weighted by Crippen LogP contribution is -2.43. The van der Waals surface area contributed by atoms with Crippen LogP contribution in [0, 0.1) is 5.82 Å².